The Hall–Kier alpha value is -1.08. The predicted octanol–water partition coefficient (Wildman–Crippen LogP) is 1.89. The predicted molar refractivity (Wildman–Crippen MR) is 72.5 cm³/mol. The molecule has 0 amide bonds. The Bertz CT molecular complexity index is 352. The summed E-state index contributed by atoms with van der Waals surface area (Å²) in [4.78, 5) is 16.1. The SMILES string of the molecule is CCOC(=O)C(C)C(=NOC)C(O)=CC(=S)S. The van der Waals surface area contributed by atoms with Crippen molar-refractivity contribution in [1.82, 2.24) is 0 Å². The number of oxime groups is 1. The summed E-state index contributed by atoms with van der Waals surface area (Å²) in [5.74, 6) is -1.53. The lowest BCUT2D eigenvalue weighted by Crippen LogP contribution is -2.25. The zero-order valence-electron chi connectivity index (χ0n) is 9.84. The first-order valence-electron chi connectivity index (χ1n) is 4.85. The maximum atomic E-state index is 11.5. The second-order valence-electron chi connectivity index (χ2n) is 3.00. The molecule has 0 saturated heterocycles. The number of rotatable bonds is 6. The van der Waals surface area contributed by atoms with Crippen molar-refractivity contribution in [1.29, 1.82) is 0 Å². The monoisotopic (exact) mass is 277 g/mol. The molecule has 0 saturated carbocycles. The maximum absolute atomic E-state index is 11.5. The van der Waals surface area contributed by atoms with Crippen LogP contribution in [0.1, 0.15) is 13.8 Å². The van der Waals surface area contributed by atoms with E-state index in [0.29, 0.717) is 0 Å². The van der Waals surface area contributed by atoms with Crippen molar-refractivity contribution in [2.24, 2.45) is 11.1 Å². The van der Waals surface area contributed by atoms with Gasteiger partial charge in [0.15, 0.2) is 0 Å². The molecule has 0 bridgehead atoms. The first-order chi connectivity index (χ1) is 7.93. The summed E-state index contributed by atoms with van der Waals surface area (Å²) >= 11 is 8.54. The van der Waals surface area contributed by atoms with E-state index in [4.69, 9.17) is 17.0 Å². The topological polar surface area (TPSA) is 68.1 Å². The van der Waals surface area contributed by atoms with E-state index in [0.717, 1.165) is 0 Å². The molecular weight excluding hydrogens is 262 g/mol. The van der Waals surface area contributed by atoms with Gasteiger partial charge in [-0.1, -0.05) is 17.4 Å². The molecule has 1 atom stereocenters. The minimum atomic E-state index is -0.756. The fourth-order valence-electron chi connectivity index (χ4n) is 1.02. The molecule has 0 aliphatic rings. The van der Waals surface area contributed by atoms with Crippen molar-refractivity contribution < 1.29 is 19.5 Å². The zero-order chi connectivity index (χ0) is 13.4. The highest BCUT2D eigenvalue weighted by molar-refractivity contribution is 8.11. The number of esters is 1. The Balaban J connectivity index is 5.05. The number of nitrogens with zero attached hydrogens (tertiary/aromatic N) is 1. The summed E-state index contributed by atoms with van der Waals surface area (Å²) in [5.41, 5.74) is 0.0438. The van der Waals surface area contributed by atoms with Gasteiger partial charge in [-0.05, 0) is 13.8 Å². The molecule has 5 nitrogen and oxygen atoms in total. The van der Waals surface area contributed by atoms with E-state index >= 15 is 0 Å². The summed E-state index contributed by atoms with van der Waals surface area (Å²) in [6, 6.07) is 0. The summed E-state index contributed by atoms with van der Waals surface area (Å²) in [6.45, 7) is 3.48. The van der Waals surface area contributed by atoms with Gasteiger partial charge in [-0.2, -0.15) is 0 Å². The van der Waals surface area contributed by atoms with Gasteiger partial charge >= 0.3 is 5.97 Å². The van der Waals surface area contributed by atoms with E-state index < -0.39 is 11.9 Å². The van der Waals surface area contributed by atoms with E-state index in [1.807, 2.05) is 0 Å². The third-order valence-electron chi connectivity index (χ3n) is 1.76. The number of allylic oxidation sites excluding steroid dienone is 1. The van der Waals surface area contributed by atoms with Crippen LogP contribution in [-0.4, -0.2) is 34.7 Å². The van der Waals surface area contributed by atoms with Gasteiger partial charge < -0.3 is 14.7 Å². The van der Waals surface area contributed by atoms with Gasteiger partial charge in [-0.3, -0.25) is 4.79 Å². The lowest BCUT2D eigenvalue weighted by atomic mass is 10.0. The minimum absolute atomic E-state index is 0.0438. The number of thiocarbonyl (C=S) groups is 1. The third kappa shape index (κ3) is 5.69. The van der Waals surface area contributed by atoms with Crippen LogP contribution in [-0.2, 0) is 14.4 Å². The van der Waals surface area contributed by atoms with Crippen molar-refractivity contribution in [2.75, 3.05) is 13.7 Å². The Labute approximate surface area is 111 Å². The van der Waals surface area contributed by atoms with Crippen molar-refractivity contribution in [2.45, 2.75) is 13.8 Å². The molecule has 17 heavy (non-hydrogen) atoms. The number of ether oxygens (including phenoxy) is 1. The van der Waals surface area contributed by atoms with E-state index in [2.05, 4.69) is 22.6 Å². The first-order valence-corrected chi connectivity index (χ1v) is 5.71. The Kier molecular flexibility index (Phi) is 7.56. The van der Waals surface area contributed by atoms with Crippen LogP contribution in [0.3, 0.4) is 0 Å². The van der Waals surface area contributed by atoms with Crippen molar-refractivity contribution in [3.63, 3.8) is 0 Å². The van der Waals surface area contributed by atoms with Gasteiger partial charge in [0, 0.05) is 6.08 Å². The number of carbonyl (C=O) groups is 1. The molecule has 96 valence electrons. The van der Waals surface area contributed by atoms with Crippen LogP contribution in [0.2, 0.25) is 0 Å². The van der Waals surface area contributed by atoms with Crippen LogP contribution in [0.15, 0.2) is 17.0 Å². The van der Waals surface area contributed by atoms with Crippen molar-refractivity contribution in [3.8, 4) is 0 Å². The second-order valence-corrected chi connectivity index (χ2v) is 4.22. The Morgan fingerprint density at radius 1 is 1.65 bits per heavy atom. The number of carbonyl (C=O) groups excluding carboxylic acids is 1. The van der Waals surface area contributed by atoms with Crippen LogP contribution in [0.25, 0.3) is 0 Å². The molecule has 7 heteroatoms. The van der Waals surface area contributed by atoms with Gasteiger partial charge in [0.05, 0.1) is 10.8 Å². The van der Waals surface area contributed by atoms with Crippen LogP contribution < -0.4 is 0 Å². The largest absolute Gasteiger partial charge is 0.506 e. The minimum Gasteiger partial charge on any atom is -0.506 e. The van der Waals surface area contributed by atoms with Crippen molar-refractivity contribution >= 4 is 40.7 Å². The normalized spacial score (nSPS) is 14.1. The second kappa shape index (κ2) is 8.08. The Morgan fingerprint density at radius 3 is 2.65 bits per heavy atom. The van der Waals surface area contributed by atoms with E-state index in [1.54, 1.807) is 13.8 Å². The number of hydrogen-bond donors (Lipinski definition) is 2. The zero-order valence-corrected chi connectivity index (χ0v) is 11.5. The molecule has 0 aliphatic heterocycles. The fourth-order valence-corrected chi connectivity index (χ4v) is 1.25. The van der Waals surface area contributed by atoms with Crippen LogP contribution in [0.5, 0.6) is 0 Å². The third-order valence-corrected chi connectivity index (χ3v) is 2.01. The summed E-state index contributed by atoms with van der Waals surface area (Å²) < 4.78 is 4.99. The molecule has 0 aromatic carbocycles. The lowest BCUT2D eigenvalue weighted by Gasteiger charge is -2.12. The van der Waals surface area contributed by atoms with Gasteiger partial charge in [-0.25, -0.2) is 0 Å². The molecular formula is C10H15NO4S2. The van der Waals surface area contributed by atoms with Gasteiger partial charge in [0.1, 0.15) is 24.5 Å². The van der Waals surface area contributed by atoms with Crippen LogP contribution in [0.4, 0.5) is 0 Å². The molecule has 1 N–H and O–H groups in total. The van der Waals surface area contributed by atoms with Crippen LogP contribution in [0, 0.1) is 5.92 Å². The summed E-state index contributed by atoms with van der Waals surface area (Å²) in [6.07, 6.45) is 1.20. The molecule has 1 unspecified atom stereocenters. The van der Waals surface area contributed by atoms with Gasteiger partial charge in [-0.15, -0.1) is 12.6 Å². The average molecular weight is 277 g/mol. The number of aliphatic hydroxyl groups excluding tert-OH is 1. The average Bonchev–Trinajstić information content (AvgIpc) is 2.24. The fraction of sp³-hybridized carbons (Fsp3) is 0.500. The highest BCUT2D eigenvalue weighted by Crippen LogP contribution is 2.10. The number of aliphatic hydroxyl groups is 1. The standard InChI is InChI=1S/C10H15NO4S2/c1-4-15-10(13)6(2)9(11-14-3)7(12)5-8(16)17/h5-6,12H,4H2,1-3H3,(H,16,17). The highest BCUT2D eigenvalue weighted by Gasteiger charge is 2.24. The lowest BCUT2D eigenvalue weighted by molar-refractivity contribution is -0.145. The smallest absolute Gasteiger partial charge is 0.315 e. The summed E-state index contributed by atoms with van der Waals surface area (Å²) in [7, 11) is 1.31. The number of hydrogen-bond acceptors (Lipinski definition) is 6. The molecule has 0 radical (unpaired) electrons. The molecule has 0 rings (SSSR count). The first kappa shape index (κ1) is 15.9. The Morgan fingerprint density at radius 2 is 2.24 bits per heavy atom. The van der Waals surface area contributed by atoms with Crippen molar-refractivity contribution in [3.05, 3.63) is 11.8 Å². The number of thiol groups is 1. The molecule has 0 aliphatic carbocycles. The molecule has 0 aromatic rings. The van der Waals surface area contributed by atoms with Gasteiger partial charge in [0.2, 0.25) is 0 Å². The molecule has 0 aromatic heterocycles. The highest BCUT2D eigenvalue weighted by atomic mass is 32.1. The maximum Gasteiger partial charge on any atom is 0.315 e. The van der Waals surface area contributed by atoms with Crippen LogP contribution >= 0.6 is 24.8 Å². The van der Waals surface area contributed by atoms with E-state index in [1.165, 1.54) is 13.2 Å². The molecule has 0 fully saturated rings. The summed E-state index contributed by atoms with van der Waals surface area (Å²) in [5, 5.41) is 13.3. The quantitative estimate of drug-likeness (QED) is 0.148. The molecule has 0 heterocycles. The van der Waals surface area contributed by atoms with E-state index in [9.17, 15) is 9.90 Å². The molecule has 0 spiro atoms. The van der Waals surface area contributed by atoms with E-state index in [-0.39, 0.29) is 22.3 Å². The van der Waals surface area contributed by atoms with Gasteiger partial charge in [0.25, 0.3) is 0 Å².